The molecule has 0 saturated heterocycles. The van der Waals surface area contributed by atoms with E-state index >= 15 is 0 Å². The van der Waals surface area contributed by atoms with Crippen LogP contribution >= 0.6 is 0 Å². The lowest BCUT2D eigenvalue weighted by Crippen LogP contribution is -2.25. The van der Waals surface area contributed by atoms with Crippen LogP contribution in [0.5, 0.6) is 0 Å². The smallest absolute Gasteiger partial charge is 0.0715 e. The van der Waals surface area contributed by atoms with Gasteiger partial charge in [0.15, 0.2) is 0 Å². The Labute approximate surface area is 56.8 Å². The highest BCUT2D eigenvalue weighted by atomic mass is 14.9. The first-order valence-corrected chi connectivity index (χ1v) is 3.43. The van der Waals surface area contributed by atoms with Crippen molar-refractivity contribution in [2.24, 2.45) is 11.8 Å². The zero-order chi connectivity index (χ0) is 6.85. The van der Waals surface area contributed by atoms with Crippen molar-refractivity contribution in [3.05, 3.63) is 0 Å². The minimum Gasteiger partial charge on any atom is -0.307 e. The van der Waals surface area contributed by atoms with Gasteiger partial charge in [-0.25, -0.2) is 0 Å². The van der Waals surface area contributed by atoms with Crippen LogP contribution in [0.1, 0.15) is 13.3 Å². The van der Waals surface area contributed by atoms with E-state index < -0.39 is 0 Å². The Morgan fingerprint density at radius 3 is 2.44 bits per heavy atom. The van der Waals surface area contributed by atoms with Crippen molar-refractivity contribution >= 4 is 0 Å². The van der Waals surface area contributed by atoms with Crippen molar-refractivity contribution in [2.45, 2.75) is 19.4 Å². The zero-order valence-electron chi connectivity index (χ0n) is 6.02. The summed E-state index contributed by atoms with van der Waals surface area (Å²) >= 11 is 0. The molecule has 3 unspecified atom stereocenters. The highest BCUT2D eigenvalue weighted by Gasteiger charge is 2.37. The fourth-order valence-corrected chi connectivity index (χ4v) is 1.24. The molecule has 1 saturated carbocycles. The van der Waals surface area contributed by atoms with Gasteiger partial charge in [0, 0.05) is 0 Å². The van der Waals surface area contributed by atoms with Gasteiger partial charge in [-0.3, -0.25) is 0 Å². The van der Waals surface area contributed by atoms with Gasteiger partial charge in [0.25, 0.3) is 0 Å². The fraction of sp³-hybridized carbons (Fsp3) is 0.750. The Morgan fingerprint density at radius 2 is 2.33 bits per heavy atom. The maximum Gasteiger partial charge on any atom is 0.0715 e. The molecule has 0 aromatic carbocycles. The Kier molecular flexibility index (Phi) is 1.78. The van der Waals surface area contributed by atoms with E-state index in [4.69, 9.17) is 6.42 Å². The van der Waals surface area contributed by atoms with Crippen molar-refractivity contribution in [3.63, 3.8) is 0 Å². The van der Waals surface area contributed by atoms with E-state index in [9.17, 15) is 0 Å². The van der Waals surface area contributed by atoms with E-state index in [1.165, 1.54) is 6.42 Å². The van der Waals surface area contributed by atoms with E-state index in [-0.39, 0.29) is 0 Å². The van der Waals surface area contributed by atoms with Gasteiger partial charge in [0.05, 0.1) is 6.04 Å². The van der Waals surface area contributed by atoms with Gasteiger partial charge in [-0.15, -0.1) is 6.42 Å². The standard InChI is InChI=1S/C8H13N/c1-4-8(9-3)7-5-6(7)2/h1,6-9H,5H2,2-3H3. The molecular weight excluding hydrogens is 110 g/mol. The average Bonchev–Trinajstić information content (AvgIpc) is 2.51. The molecule has 3 atom stereocenters. The molecule has 1 rings (SSSR count). The summed E-state index contributed by atoms with van der Waals surface area (Å²) in [6.45, 7) is 2.24. The first kappa shape index (κ1) is 6.64. The molecule has 1 heteroatoms. The SMILES string of the molecule is C#CC(NC)C1CC1C. The van der Waals surface area contributed by atoms with Crippen LogP contribution in [-0.2, 0) is 0 Å². The Balaban J connectivity index is 2.34. The molecule has 1 nitrogen and oxygen atoms in total. The number of terminal acetylenes is 1. The van der Waals surface area contributed by atoms with Gasteiger partial charge < -0.3 is 5.32 Å². The molecular formula is C8H13N. The predicted molar refractivity (Wildman–Crippen MR) is 39.0 cm³/mol. The van der Waals surface area contributed by atoms with Gasteiger partial charge in [0.2, 0.25) is 0 Å². The van der Waals surface area contributed by atoms with E-state index in [2.05, 4.69) is 18.2 Å². The number of nitrogens with one attached hydrogen (secondary N) is 1. The number of hydrogen-bond donors (Lipinski definition) is 1. The van der Waals surface area contributed by atoms with Crippen molar-refractivity contribution in [1.29, 1.82) is 0 Å². The normalized spacial score (nSPS) is 35.2. The van der Waals surface area contributed by atoms with E-state index in [1.54, 1.807) is 0 Å². The maximum atomic E-state index is 5.27. The van der Waals surface area contributed by atoms with Crippen LogP contribution in [0, 0.1) is 24.2 Å². The van der Waals surface area contributed by atoms with Crippen LogP contribution < -0.4 is 5.32 Å². The topological polar surface area (TPSA) is 12.0 Å². The first-order valence-electron chi connectivity index (χ1n) is 3.43. The minimum atomic E-state index is 0.319. The van der Waals surface area contributed by atoms with E-state index in [0.717, 1.165) is 11.8 Å². The van der Waals surface area contributed by atoms with Gasteiger partial charge >= 0.3 is 0 Å². The van der Waals surface area contributed by atoms with Gasteiger partial charge in [-0.1, -0.05) is 12.8 Å². The lowest BCUT2D eigenvalue weighted by molar-refractivity contribution is 0.582. The molecule has 1 N–H and O–H groups in total. The summed E-state index contributed by atoms with van der Waals surface area (Å²) < 4.78 is 0. The Bertz CT molecular complexity index is 134. The van der Waals surface area contributed by atoms with Crippen molar-refractivity contribution in [2.75, 3.05) is 7.05 Å². The average molecular weight is 123 g/mol. The quantitative estimate of drug-likeness (QED) is 0.537. The molecule has 0 aromatic heterocycles. The van der Waals surface area contributed by atoms with Crippen molar-refractivity contribution < 1.29 is 0 Å². The molecule has 1 fully saturated rings. The van der Waals surface area contributed by atoms with Crippen LogP contribution in [-0.4, -0.2) is 13.1 Å². The summed E-state index contributed by atoms with van der Waals surface area (Å²) in [5, 5.41) is 3.11. The zero-order valence-corrected chi connectivity index (χ0v) is 6.02. The second-order valence-electron chi connectivity index (χ2n) is 2.81. The third-order valence-electron chi connectivity index (χ3n) is 2.09. The minimum absolute atomic E-state index is 0.319. The van der Waals surface area contributed by atoms with Gasteiger partial charge in [0.1, 0.15) is 0 Å². The molecule has 0 aromatic rings. The Morgan fingerprint density at radius 1 is 1.78 bits per heavy atom. The molecule has 0 radical (unpaired) electrons. The Hall–Kier alpha value is -0.480. The molecule has 50 valence electrons. The van der Waals surface area contributed by atoms with Gasteiger partial charge in [-0.05, 0) is 25.3 Å². The lowest BCUT2D eigenvalue weighted by atomic mass is 10.2. The van der Waals surface area contributed by atoms with Gasteiger partial charge in [-0.2, -0.15) is 0 Å². The van der Waals surface area contributed by atoms with Crippen LogP contribution in [0.15, 0.2) is 0 Å². The van der Waals surface area contributed by atoms with Crippen molar-refractivity contribution in [1.82, 2.24) is 5.32 Å². The number of hydrogen-bond acceptors (Lipinski definition) is 1. The molecule has 9 heavy (non-hydrogen) atoms. The second-order valence-corrected chi connectivity index (χ2v) is 2.81. The molecule has 1 aliphatic carbocycles. The molecule has 0 bridgehead atoms. The van der Waals surface area contributed by atoms with Crippen molar-refractivity contribution in [3.8, 4) is 12.3 Å². The monoisotopic (exact) mass is 123 g/mol. The molecule has 0 aliphatic heterocycles. The van der Waals surface area contributed by atoms with E-state index in [1.807, 2.05) is 7.05 Å². The summed E-state index contributed by atoms with van der Waals surface area (Å²) in [4.78, 5) is 0. The summed E-state index contributed by atoms with van der Waals surface area (Å²) in [5.41, 5.74) is 0. The summed E-state index contributed by atoms with van der Waals surface area (Å²) in [7, 11) is 1.93. The maximum absolute atomic E-state index is 5.27. The lowest BCUT2D eigenvalue weighted by Gasteiger charge is -2.05. The van der Waals surface area contributed by atoms with Crippen LogP contribution in [0.3, 0.4) is 0 Å². The largest absolute Gasteiger partial charge is 0.307 e. The number of rotatable bonds is 2. The molecule has 0 amide bonds. The summed E-state index contributed by atoms with van der Waals surface area (Å²) in [6, 6.07) is 0.319. The third kappa shape index (κ3) is 1.25. The molecule has 0 spiro atoms. The third-order valence-corrected chi connectivity index (χ3v) is 2.09. The van der Waals surface area contributed by atoms with E-state index in [0.29, 0.717) is 6.04 Å². The molecule has 1 aliphatic rings. The van der Waals surface area contributed by atoms with Crippen LogP contribution in [0.4, 0.5) is 0 Å². The van der Waals surface area contributed by atoms with Crippen LogP contribution in [0.25, 0.3) is 0 Å². The summed E-state index contributed by atoms with van der Waals surface area (Å²) in [6.07, 6.45) is 6.58. The summed E-state index contributed by atoms with van der Waals surface area (Å²) in [5.74, 6) is 4.33. The highest BCUT2D eigenvalue weighted by molar-refractivity contribution is 5.08. The molecule has 0 heterocycles. The second kappa shape index (κ2) is 2.41. The highest BCUT2D eigenvalue weighted by Crippen LogP contribution is 2.40. The first-order chi connectivity index (χ1) is 4.29. The fourth-order valence-electron chi connectivity index (χ4n) is 1.24. The predicted octanol–water partition coefficient (Wildman–Crippen LogP) is 0.864. The van der Waals surface area contributed by atoms with Crippen LogP contribution in [0.2, 0.25) is 0 Å².